The van der Waals surface area contributed by atoms with E-state index in [1.807, 2.05) is 6.92 Å². The first-order valence-corrected chi connectivity index (χ1v) is 8.65. The molecule has 0 bridgehead atoms. The Morgan fingerprint density at radius 1 is 1.37 bits per heavy atom. The lowest BCUT2D eigenvalue weighted by atomic mass is 9.84. The smallest absolute Gasteiger partial charge is 0.280 e. The monoisotopic (exact) mass is 376 g/mol. The molecule has 0 N–H and O–H groups in total. The van der Waals surface area contributed by atoms with Gasteiger partial charge in [0.05, 0.1) is 5.69 Å². The average Bonchev–Trinajstić information content (AvgIpc) is 3.29. The van der Waals surface area contributed by atoms with Crippen LogP contribution in [0.1, 0.15) is 53.3 Å². The fourth-order valence-corrected chi connectivity index (χ4v) is 3.50. The van der Waals surface area contributed by atoms with Crippen molar-refractivity contribution in [3.8, 4) is 0 Å². The quantitative estimate of drug-likeness (QED) is 0.698. The molecule has 3 aromatic heterocycles. The Labute approximate surface area is 153 Å². The van der Waals surface area contributed by atoms with Crippen LogP contribution in [0.5, 0.6) is 0 Å². The minimum absolute atomic E-state index is 0.130. The number of hydrogen-bond donors (Lipinski definition) is 0. The van der Waals surface area contributed by atoms with Crippen molar-refractivity contribution in [2.75, 3.05) is 13.1 Å². The van der Waals surface area contributed by atoms with Crippen LogP contribution in [0.3, 0.4) is 0 Å². The Kier molecular flexibility index (Phi) is 4.33. The van der Waals surface area contributed by atoms with Gasteiger partial charge in [-0.1, -0.05) is 12.1 Å². The maximum Gasteiger partial charge on any atom is 0.280 e. The second-order valence-corrected chi connectivity index (χ2v) is 6.82. The van der Waals surface area contributed by atoms with Gasteiger partial charge in [0.1, 0.15) is 17.8 Å². The highest BCUT2D eigenvalue weighted by Crippen LogP contribution is 2.34. The lowest BCUT2D eigenvalue weighted by molar-refractivity contribution is 0.0655. The number of carbonyl (C=O) groups excluding carboxylic acids is 1. The summed E-state index contributed by atoms with van der Waals surface area (Å²) < 4.78 is 33.0. The summed E-state index contributed by atoms with van der Waals surface area (Å²) in [6.45, 7) is 4.69. The molecular formula is C17H18F2N6O2. The lowest BCUT2D eigenvalue weighted by Gasteiger charge is -2.37. The molecule has 1 saturated heterocycles. The van der Waals surface area contributed by atoms with Crippen LogP contribution >= 0.6 is 0 Å². The Balaban J connectivity index is 1.69. The van der Waals surface area contributed by atoms with Crippen LogP contribution in [0.15, 0.2) is 23.0 Å². The van der Waals surface area contributed by atoms with Gasteiger partial charge in [0.25, 0.3) is 18.1 Å². The molecule has 10 heteroatoms. The molecule has 0 spiro atoms. The van der Waals surface area contributed by atoms with Gasteiger partial charge < -0.3 is 9.42 Å². The van der Waals surface area contributed by atoms with Crippen LogP contribution in [0.4, 0.5) is 8.78 Å². The minimum atomic E-state index is -2.71. The highest BCUT2D eigenvalue weighted by atomic mass is 19.3. The summed E-state index contributed by atoms with van der Waals surface area (Å²) in [5.74, 6) is 0.446. The van der Waals surface area contributed by atoms with Gasteiger partial charge in [0.2, 0.25) is 0 Å². The molecular weight excluding hydrogens is 358 g/mol. The number of alkyl halides is 2. The number of amides is 1. The number of halogens is 2. The second-order valence-electron chi connectivity index (χ2n) is 6.82. The van der Waals surface area contributed by atoms with Gasteiger partial charge in [0, 0.05) is 25.1 Å². The topological polar surface area (TPSA) is 89.4 Å². The number of nitrogens with zero attached hydrogens (tertiary/aromatic N) is 6. The maximum atomic E-state index is 13.3. The average molecular weight is 376 g/mol. The molecule has 1 amide bonds. The Morgan fingerprint density at radius 2 is 2.19 bits per heavy atom. The summed E-state index contributed by atoms with van der Waals surface area (Å²) >= 11 is 0. The molecule has 1 aliphatic rings. The molecule has 0 radical (unpaired) electrons. The van der Waals surface area contributed by atoms with E-state index in [0.717, 1.165) is 6.42 Å². The minimum Gasteiger partial charge on any atom is -0.361 e. The van der Waals surface area contributed by atoms with Crippen LogP contribution in [-0.2, 0) is 0 Å². The predicted octanol–water partition coefficient (Wildman–Crippen LogP) is 2.62. The normalized spacial score (nSPS) is 20.6. The van der Waals surface area contributed by atoms with Crippen molar-refractivity contribution in [1.82, 2.24) is 29.6 Å². The molecule has 2 atom stereocenters. The van der Waals surface area contributed by atoms with Crippen molar-refractivity contribution >= 4 is 11.7 Å². The lowest BCUT2D eigenvalue weighted by Crippen LogP contribution is -2.42. The van der Waals surface area contributed by atoms with E-state index in [9.17, 15) is 13.6 Å². The number of likely N-dealkylation sites (tertiary alicyclic amines) is 1. The molecule has 142 valence electrons. The molecule has 0 aromatic carbocycles. The van der Waals surface area contributed by atoms with E-state index >= 15 is 0 Å². The highest BCUT2D eigenvalue weighted by Gasteiger charge is 2.34. The molecule has 4 rings (SSSR count). The van der Waals surface area contributed by atoms with Gasteiger partial charge in [-0.25, -0.2) is 18.3 Å². The molecule has 1 fully saturated rings. The molecule has 2 unspecified atom stereocenters. The van der Waals surface area contributed by atoms with Crippen LogP contribution in [0.2, 0.25) is 0 Å². The Morgan fingerprint density at radius 3 is 2.89 bits per heavy atom. The number of fused-ring (bicyclic) bond motifs is 1. The molecule has 3 aromatic rings. The number of piperidine rings is 1. The maximum absolute atomic E-state index is 13.3. The summed E-state index contributed by atoms with van der Waals surface area (Å²) in [4.78, 5) is 22.2. The third kappa shape index (κ3) is 3.15. The number of aryl methyl sites for hydroxylation is 1. The summed E-state index contributed by atoms with van der Waals surface area (Å²) in [6.07, 6.45) is -0.689. The van der Waals surface area contributed by atoms with Crippen molar-refractivity contribution in [2.24, 2.45) is 5.92 Å². The first-order chi connectivity index (χ1) is 12.9. The number of carbonyl (C=O) groups is 1. The zero-order valence-corrected chi connectivity index (χ0v) is 14.8. The Bertz CT molecular complexity index is 985. The zero-order chi connectivity index (χ0) is 19.1. The van der Waals surface area contributed by atoms with E-state index in [1.165, 1.54) is 16.9 Å². The largest absolute Gasteiger partial charge is 0.361 e. The van der Waals surface area contributed by atoms with Crippen molar-refractivity contribution in [2.45, 2.75) is 32.6 Å². The highest BCUT2D eigenvalue weighted by molar-refractivity contribution is 5.92. The SMILES string of the molecule is Cc1cc(C(=O)N2CCC(C)C(c3cc(C(F)F)nc4ncnn34)C2)no1. The third-order valence-corrected chi connectivity index (χ3v) is 5.00. The van der Waals surface area contributed by atoms with E-state index < -0.39 is 6.43 Å². The van der Waals surface area contributed by atoms with Crippen LogP contribution < -0.4 is 0 Å². The summed E-state index contributed by atoms with van der Waals surface area (Å²) in [7, 11) is 0. The van der Waals surface area contributed by atoms with Crippen LogP contribution in [0.25, 0.3) is 5.78 Å². The number of aromatic nitrogens is 5. The van der Waals surface area contributed by atoms with Gasteiger partial charge in [-0.05, 0) is 25.3 Å². The molecule has 0 aliphatic carbocycles. The second kappa shape index (κ2) is 6.67. The summed E-state index contributed by atoms with van der Waals surface area (Å²) in [6, 6.07) is 2.95. The van der Waals surface area contributed by atoms with E-state index in [0.29, 0.717) is 24.5 Å². The molecule has 27 heavy (non-hydrogen) atoms. The van der Waals surface area contributed by atoms with E-state index in [2.05, 4.69) is 20.2 Å². The van der Waals surface area contributed by atoms with Crippen molar-refractivity contribution in [3.63, 3.8) is 0 Å². The van der Waals surface area contributed by atoms with Gasteiger partial charge in [0.15, 0.2) is 5.69 Å². The standard InChI is InChI=1S/C17H18F2N6O2/c1-9-3-4-24(16(26)13-5-10(2)27-23-13)7-11(9)14-6-12(15(18)19)22-17-20-8-21-25(14)17/h5-6,8-9,11,15H,3-4,7H2,1-2H3. The van der Waals surface area contributed by atoms with Gasteiger partial charge >= 0.3 is 0 Å². The fourth-order valence-electron chi connectivity index (χ4n) is 3.50. The number of rotatable bonds is 3. The predicted molar refractivity (Wildman–Crippen MR) is 89.4 cm³/mol. The zero-order valence-electron chi connectivity index (χ0n) is 14.8. The molecule has 8 nitrogen and oxygen atoms in total. The van der Waals surface area contributed by atoms with E-state index in [4.69, 9.17) is 4.52 Å². The fraction of sp³-hybridized carbons (Fsp3) is 0.471. The summed E-state index contributed by atoms with van der Waals surface area (Å²) in [5.41, 5.74) is 0.483. The third-order valence-electron chi connectivity index (χ3n) is 5.00. The molecule has 1 aliphatic heterocycles. The number of hydrogen-bond acceptors (Lipinski definition) is 6. The van der Waals surface area contributed by atoms with E-state index in [1.54, 1.807) is 17.9 Å². The van der Waals surface area contributed by atoms with Crippen LogP contribution in [-0.4, -0.2) is 48.6 Å². The van der Waals surface area contributed by atoms with Crippen molar-refractivity contribution < 1.29 is 18.1 Å². The van der Waals surface area contributed by atoms with Crippen molar-refractivity contribution in [1.29, 1.82) is 0 Å². The molecule has 0 saturated carbocycles. The summed E-state index contributed by atoms with van der Waals surface area (Å²) in [5, 5.41) is 7.91. The van der Waals surface area contributed by atoms with Crippen LogP contribution in [0, 0.1) is 12.8 Å². The van der Waals surface area contributed by atoms with Gasteiger partial charge in [-0.15, -0.1) is 0 Å². The molecule has 4 heterocycles. The van der Waals surface area contributed by atoms with Gasteiger partial charge in [-0.3, -0.25) is 4.79 Å². The van der Waals surface area contributed by atoms with E-state index in [-0.39, 0.29) is 34.9 Å². The Hall–Kier alpha value is -2.91. The van der Waals surface area contributed by atoms with Gasteiger partial charge in [-0.2, -0.15) is 10.1 Å². The van der Waals surface area contributed by atoms with Crippen molar-refractivity contribution in [3.05, 3.63) is 41.3 Å². The first-order valence-electron chi connectivity index (χ1n) is 8.65. The first kappa shape index (κ1) is 17.5.